The SMILES string of the molecule is CCn1nc(C)cc1C(=O)Nc1nc2cc(C(N)=O)sc2n1C/C=C/Cn1c(NC(=O)c2cc(C)nn2CC)nc2cc(C(N)=O)cc(OCCCOSC)c21. The highest BCUT2D eigenvalue weighted by Gasteiger charge is 2.23. The van der Waals surface area contributed by atoms with E-state index in [9.17, 15) is 19.2 Å². The highest BCUT2D eigenvalue weighted by atomic mass is 32.2. The van der Waals surface area contributed by atoms with Crippen LogP contribution in [-0.2, 0) is 30.4 Å². The fourth-order valence-corrected chi connectivity index (χ4v) is 7.31. The predicted molar refractivity (Wildman–Crippen MR) is 214 cm³/mol. The fraction of sp³-hybridized carbons (Fsp3) is 0.333. The van der Waals surface area contributed by atoms with Crippen molar-refractivity contribution in [2.75, 3.05) is 30.1 Å². The van der Waals surface area contributed by atoms with Crippen molar-refractivity contribution < 1.29 is 28.1 Å². The molecule has 18 nitrogen and oxygen atoms in total. The lowest BCUT2D eigenvalue weighted by Gasteiger charge is -2.13. The Balaban J connectivity index is 1.36. The van der Waals surface area contributed by atoms with Gasteiger partial charge in [-0.3, -0.25) is 43.7 Å². The molecular formula is C36H42N12O6S2. The van der Waals surface area contributed by atoms with Crippen LogP contribution < -0.4 is 26.8 Å². The van der Waals surface area contributed by atoms with Crippen LogP contribution in [0, 0.1) is 13.8 Å². The van der Waals surface area contributed by atoms with Crippen molar-refractivity contribution in [1.82, 2.24) is 38.7 Å². The minimum absolute atomic E-state index is 0.186. The smallest absolute Gasteiger partial charge is 0.276 e. The molecule has 0 aliphatic rings. The summed E-state index contributed by atoms with van der Waals surface area (Å²) in [6.45, 7) is 9.51. The lowest BCUT2D eigenvalue weighted by atomic mass is 10.1. The molecular weight excluding hydrogens is 761 g/mol. The van der Waals surface area contributed by atoms with Crippen molar-refractivity contribution >= 4 is 80.3 Å². The van der Waals surface area contributed by atoms with E-state index < -0.39 is 23.6 Å². The molecule has 56 heavy (non-hydrogen) atoms. The van der Waals surface area contributed by atoms with Gasteiger partial charge in [-0.25, -0.2) is 9.97 Å². The zero-order valence-corrected chi connectivity index (χ0v) is 33.1. The molecule has 0 saturated carbocycles. The van der Waals surface area contributed by atoms with Crippen LogP contribution in [0.1, 0.15) is 72.7 Å². The van der Waals surface area contributed by atoms with E-state index in [1.165, 1.54) is 12.0 Å². The minimum Gasteiger partial charge on any atom is -0.491 e. The Morgan fingerprint density at radius 3 is 1.96 bits per heavy atom. The Morgan fingerprint density at radius 2 is 1.39 bits per heavy atom. The van der Waals surface area contributed by atoms with E-state index >= 15 is 0 Å². The van der Waals surface area contributed by atoms with Crippen molar-refractivity contribution in [3.05, 3.63) is 75.7 Å². The molecule has 6 N–H and O–H groups in total. The third-order valence-electron chi connectivity index (χ3n) is 8.56. The molecule has 0 aliphatic heterocycles. The van der Waals surface area contributed by atoms with Crippen LogP contribution in [0.2, 0.25) is 0 Å². The van der Waals surface area contributed by atoms with Crippen LogP contribution in [0.4, 0.5) is 11.9 Å². The number of allylic oxidation sites excluding steroid dienone is 2. The number of carbonyl (C=O) groups is 4. The number of imidazole rings is 2. The summed E-state index contributed by atoms with van der Waals surface area (Å²) in [5, 5.41) is 14.6. The van der Waals surface area contributed by atoms with Gasteiger partial charge in [0.2, 0.25) is 17.8 Å². The number of nitrogens with two attached hydrogens (primary N) is 2. The van der Waals surface area contributed by atoms with Gasteiger partial charge in [-0.05, 0) is 70.1 Å². The van der Waals surface area contributed by atoms with Crippen LogP contribution in [0.3, 0.4) is 0 Å². The van der Waals surface area contributed by atoms with Gasteiger partial charge in [0.15, 0.2) is 0 Å². The van der Waals surface area contributed by atoms with Crippen molar-refractivity contribution in [2.24, 2.45) is 11.5 Å². The first-order chi connectivity index (χ1) is 26.9. The molecule has 0 spiro atoms. The second-order valence-corrected chi connectivity index (χ2v) is 14.1. The quantitative estimate of drug-likeness (QED) is 0.0536. The first kappa shape index (κ1) is 39.7. The van der Waals surface area contributed by atoms with Crippen LogP contribution in [0.25, 0.3) is 21.4 Å². The molecule has 0 bridgehead atoms. The maximum Gasteiger partial charge on any atom is 0.276 e. The normalized spacial score (nSPS) is 11.6. The summed E-state index contributed by atoms with van der Waals surface area (Å²) in [4.78, 5) is 61.8. The molecule has 0 unspecified atom stereocenters. The second kappa shape index (κ2) is 17.2. The zero-order chi connectivity index (χ0) is 40.1. The van der Waals surface area contributed by atoms with Gasteiger partial charge in [0.05, 0.1) is 35.0 Å². The van der Waals surface area contributed by atoms with Crippen LogP contribution in [-0.4, -0.2) is 81.8 Å². The first-order valence-corrected chi connectivity index (χ1v) is 19.7. The van der Waals surface area contributed by atoms with Gasteiger partial charge in [-0.1, -0.05) is 12.2 Å². The van der Waals surface area contributed by atoms with Crippen LogP contribution in [0.15, 0.2) is 42.5 Å². The van der Waals surface area contributed by atoms with Crippen molar-refractivity contribution in [2.45, 2.75) is 60.3 Å². The van der Waals surface area contributed by atoms with Gasteiger partial charge in [-0.15, -0.1) is 11.3 Å². The number of benzene rings is 1. The molecule has 20 heteroatoms. The van der Waals surface area contributed by atoms with E-state index in [1.807, 2.05) is 39.2 Å². The third-order valence-corrected chi connectivity index (χ3v) is 10.1. The number of hydrogen-bond acceptors (Lipinski definition) is 12. The number of ether oxygens (including phenoxy) is 1. The Morgan fingerprint density at radius 1 is 0.804 bits per heavy atom. The summed E-state index contributed by atoms with van der Waals surface area (Å²) in [5.74, 6) is -1.27. The molecule has 0 atom stereocenters. The van der Waals surface area contributed by atoms with Gasteiger partial charge in [0.25, 0.3) is 17.7 Å². The summed E-state index contributed by atoms with van der Waals surface area (Å²) < 4.78 is 18.3. The van der Waals surface area contributed by atoms with Gasteiger partial charge in [0, 0.05) is 44.4 Å². The number of thiophene rings is 1. The monoisotopic (exact) mass is 802 g/mol. The number of amides is 4. The summed E-state index contributed by atoms with van der Waals surface area (Å²) in [6, 6.07) is 8.08. The fourth-order valence-electron chi connectivity index (χ4n) is 6.07. The molecule has 294 valence electrons. The largest absolute Gasteiger partial charge is 0.491 e. The van der Waals surface area contributed by atoms with E-state index in [0.29, 0.717) is 80.9 Å². The average molecular weight is 803 g/mol. The third kappa shape index (κ3) is 8.46. The Bertz CT molecular complexity index is 2470. The molecule has 6 rings (SSSR count). The molecule has 0 radical (unpaired) electrons. The molecule has 5 heterocycles. The number of nitrogens with zero attached hydrogens (tertiary/aromatic N) is 8. The van der Waals surface area contributed by atoms with E-state index in [2.05, 4.69) is 25.8 Å². The Labute approximate surface area is 329 Å². The Kier molecular flexibility index (Phi) is 12.2. The molecule has 0 saturated heterocycles. The number of primary amides is 2. The maximum absolute atomic E-state index is 13.7. The predicted octanol–water partition coefficient (Wildman–Crippen LogP) is 4.52. The molecule has 0 fully saturated rings. The standard InChI is InChI=1S/C36H42N12O6S2/c1-6-47-25(15-20(3)43-47)32(51)41-35-39-23-17-22(30(37)49)18-27(53-13-10-14-54-55-5)29(23)45(35)11-8-9-12-46-34-24(19-28(56-34)31(38)50)40-36(46)42-33(52)26-16-21(4)44-48(26)7-2/h8-9,15-19H,6-7,10-14H2,1-5H3,(H2,37,49)(H2,38,50)(H,39,41,51)(H,40,42,52)/b9-8+. The molecule has 4 amide bonds. The van der Waals surface area contributed by atoms with E-state index in [1.54, 1.807) is 55.8 Å². The van der Waals surface area contributed by atoms with E-state index in [0.717, 1.165) is 11.3 Å². The summed E-state index contributed by atoms with van der Waals surface area (Å²) >= 11 is 2.42. The number of rotatable bonds is 18. The van der Waals surface area contributed by atoms with Crippen molar-refractivity contribution in [3.63, 3.8) is 0 Å². The van der Waals surface area contributed by atoms with Crippen molar-refractivity contribution in [1.29, 1.82) is 0 Å². The van der Waals surface area contributed by atoms with Crippen LogP contribution >= 0.6 is 23.4 Å². The van der Waals surface area contributed by atoms with Gasteiger partial charge in [0.1, 0.15) is 33.0 Å². The summed E-state index contributed by atoms with van der Waals surface area (Å²) in [7, 11) is 0. The number of aromatic nitrogens is 8. The second-order valence-electron chi connectivity index (χ2n) is 12.5. The number of anilines is 2. The average Bonchev–Trinajstić information content (AvgIpc) is 3.98. The lowest BCUT2D eigenvalue weighted by molar-refractivity contribution is 0.0993. The number of carbonyl (C=O) groups excluding carboxylic acids is 4. The number of hydrogen-bond donors (Lipinski definition) is 4. The highest BCUT2D eigenvalue weighted by molar-refractivity contribution is 7.93. The molecule has 0 aliphatic carbocycles. The molecule has 1 aromatic carbocycles. The highest BCUT2D eigenvalue weighted by Crippen LogP contribution is 2.32. The number of fused-ring (bicyclic) bond motifs is 2. The summed E-state index contributed by atoms with van der Waals surface area (Å²) in [5.41, 5.74) is 15.0. The minimum atomic E-state index is -0.665. The Hall–Kier alpha value is -5.99. The topological polar surface area (TPSA) is 234 Å². The first-order valence-electron chi connectivity index (χ1n) is 17.7. The summed E-state index contributed by atoms with van der Waals surface area (Å²) in [6.07, 6.45) is 6.10. The van der Waals surface area contributed by atoms with E-state index in [4.69, 9.17) is 25.4 Å². The maximum atomic E-state index is 13.7. The van der Waals surface area contributed by atoms with E-state index in [-0.39, 0.29) is 37.2 Å². The molecule has 6 aromatic rings. The van der Waals surface area contributed by atoms with Gasteiger partial charge < -0.3 is 25.0 Å². The zero-order valence-electron chi connectivity index (χ0n) is 31.5. The number of nitrogens with one attached hydrogen (secondary N) is 2. The number of aryl methyl sites for hydroxylation is 4. The van der Waals surface area contributed by atoms with Crippen molar-refractivity contribution in [3.8, 4) is 5.75 Å². The molecule has 5 aromatic heterocycles. The lowest BCUT2D eigenvalue weighted by Crippen LogP contribution is -2.20. The van der Waals surface area contributed by atoms with Gasteiger partial charge >= 0.3 is 0 Å². The van der Waals surface area contributed by atoms with Crippen LogP contribution in [0.5, 0.6) is 5.75 Å². The van der Waals surface area contributed by atoms with Gasteiger partial charge in [-0.2, -0.15) is 10.2 Å².